The van der Waals surface area contributed by atoms with E-state index in [4.69, 9.17) is 14.7 Å². The van der Waals surface area contributed by atoms with Gasteiger partial charge in [-0.25, -0.2) is 4.98 Å². The van der Waals surface area contributed by atoms with Crippen LogP contribution >= 0.6 is 0 Å². The molecule has 0 bridgehead atoms. The third-order valence-corrected chi connectivity index (χ3v) is 3.42. The Hall–Kier alpha value is -3.32. The predicted octanol–water partition coefficient (Wildman–Crippen LogP) is 4.11. The van der Waals surface area contributed by atoms with Gasteiger partial charge < -0.3 is 9.47 Å². The minimum absolute atomic E-state index is 0.390. The van der Waals surface area contributed by atoms with Crippen LogP contribution in [0.3, 0.4) is 0 Å². The van der Waals surface area contributed by atoms with Crippen LogP contribution in [0.1, 0.15) is 16.8 Å². The zero-order valence-electron chi connectivity index (χ0n) is 13.1. The second kappa shape index (κ2) is 7.80. The minimum atomic E-state index is 0.390. The van der Waals surface area contributed by atoms with E-state index in [2.05, 4.69) is 4.98 Å². The topological polar surface area (TPSA) is 55.1 Å². The summed E-state index contributed by atoms with van der Waals surface area (Å²) in [5, 5.41) is 8.84. The Kier molecular flexibility index (Phi) is 5.06. The Labute approximate surface area is 140 Å². The second-order valence-electron chi connectivity index (χ2n) is 5.20. The molecule has 1 heterocycles. The highest BCUT2D eigenvalue weighted by Crippen LogP contribution is 2.19. The smallest absolute Gasteiger partial charge is 0.140 e. The molecular weight excluding hydrogens is 300 g/mol. The number of hydrogen-bond acceptors (Lipinski definition) is 4. The fourth-order valence-electron chi connectivity index (χ4n) is 2.16. The maximum absolute atomic E-state index is 8.84. The summed E-state index contributed by atoms with van der Waals surface area (Å²) in [6.07, 6.45) is 1.61. The number of pyridine rings is 1. The first-order valence-electron chi connectivity index (χ1n) is 7.58. The van der Waals surface area contributed by atoms with Crippen molar-refractivity contribution < 1.29 is 9.47 Å². The molecule has 3 aromatic rings. The van der Waals surface area contributed by atoms with Gasteiger partial charge >= 0.3 is 0 Å². The van der Waals surface area contributed by atoms with Crippen molar-refractivity contribution in [3.63, 3.8) is 0 Å². The third-order valence-electron chi connectivity index (χ3n) is 3.42. The van der Waals surface area contributed by atoms with Crippen molar-refractivity contribution in [2.75, 3.05) is 0 Å². The van der Waals surface area contributed by atoms with E-state index < -0.39 is 0 Å². The first-order valence-corrected chi connectivity index (χ1v) is 7.58. The zero-order valence-corrected chi connectivity index (χ0v) is 13.1. The Bertz CT molecular complexity index is 824. The van der Waals surface area contributed by atoms with Crippen LogP contribution in [-0.2, 0) is 13.2 Å². The van der Waals surface area contributed by atoms with Gasteiger partial charge in [-0.15, -0.1) is 0 Å². The van der Waals surface area contributed by atoms with Crippen LogP contribution in [0, 0.1) is 11.3 Å². The van der Waals surface area contributed by atoms with E-state index in [1.54, 1.807) is 12.3 Å². The zero-order chi connectivity index (χ0) is 16.6. The van der Waals surface area contributed by atoms with E-state index in [-0.39, 0.29) is 0 Å². The number of aromatic nitrogens is 1. The Morgan fingerprint density at radius 3 is 2.04 bits per heavy atom. The summed E-state index contributed by atoms with van der Waals surface area (Å²) in [6, 6.07) is 23.1. The molecule has 2 aromatic carbocycles. The fourth-order valence-corrected chi connectivity index (χ4v) is 2.16. The molecule has 4 nitrogen and oxygen atoms in total. The summed E-state index contributed by atoms with van der Waals surface area (Å²) >= 11 is 0. The summed E-state index contributed by atoms with van der Waals surface area (Å²) < 4.78 is 11.5. The summed E-state index contributed by atoms with van der Waals surface area (Å²) in [6.45, 7) is 0.927. The monoisotopic (exact) mass is 316 g/mol. The molecule has 0 fully saturated rings. The SMILES string of the molecule is N#Cc1cc(COc2ccc(OCc3ccccc3)cc2)ccn1. The van der Waals surface area contributed by atoms with Gasteiger partial charge in [0.1, 0.15) is 36.5 Å². The van der Waals surface area contributed by atoms with Crippen LogP contribution in [0.4, 0.5) is 0 Å². The standard InChI is InChI=1S/C20H16N2O2/c21-13-18-12-17(10-11-22-18)15-24-20-8-6-19(7-9-20)23-14-16-4-2-1-3-5-16/h1-12H,14-15H2. The average molecular weight is 316 g/mol. The lowest BCUT2D eigenvalue weighted by molar-refractivity contribution is 0.297. The van der Waals surface area contributed by atoms with Crippen LogP contribution in [0.15, 0.2) is 72.9 Å². The molecular formula is C20H16N2O2. The van der Waals surface area contributed by atoms with Crippen LogP contribution in [-0.4, -0.2) is 4.98 Å². The van der Waals surface area contributed by atoms with Crippen molar-refractivity contribution in [1.29, 1.82) is 5.26 Å². The van der Waals surface area contributed by atoms with Gasteiger partial charge in [0.15, 0.2) is 0 Å². The van der Waals surface area contributed by atoms with Gasteiger partial charge in [0.05, 0.1) is 0 Å². The number of hydrogen-bond donors (Lipinski definition) is 0. The number of rotatable bonds is 6. The lowest BCUT2D eigenvalue weighted by Gasteiger charge is -2.09. The van der Waals surface area contributed by atoms with E-state index in [1.165, 1.54) is 0 Å². The van der Waals surface area contributed by atoms with E-state index in [1.807, 2.05) is 66.7 Å². The molecule has 0 aliphatic rings. The third kappa shape index (κ3) is 4.34. The van der Waals surface area contributed by atoms with Gasteiger partial charge in [-0.2, -0.15) is 5.26 Å². The van der Waals surface area contributed by atoms with E-state index in [0.717, 1.165) is 22.6 Å². The minimum Gasteiger partial charge on any atom is -0.489 e. The number of benzene rings is 2. The summed E-state index contributed by atoms with van der Waals surface area (Å²) in [7, 11) is 0. The highest BCUT2D eigenvalue weighted by Gasteiger charge is 2.00. The van der Waals surface area contributed by atoms with Crippen LogP contribution in [0.5, 0.6) is 11.5 Å². The van der Waals surface area contributed by atoms with E-state index in [0.29, 0.717) is 18.9 Å². The van der Waals surface area contributed by atoms with Crippen molar-refractivity contribution >= 4 is 0 Å². The molecule has 3 rings (SSSR count). The van der Waals surface area contributed by atoms with Gasteiger partial charge in [0.2, 0.25) is 0 Å². The Morgan fingerprint density at radius 1 is 0.792 bits per heavy atom. The predicted molar refractivity (Wildman–Crippen MR) is 90.5 cm³/mol. The molecule has 0 saturated carbocycles. The quantitative estimate of drug-likeness (QED) is 0.686. The molecule has 0 unspecified atom stereocenters. The van der Waals surface area contributed by atoms with Crippen molar-refractivity contribution in [3.8, 4) is 17.6 Å². The molecule has 0 spiro atoms. The second-order valence-corrected chi connectivity index (χ2v) is 5.20. The molecule has 4 heteroatoms. The first-order chi connectivity index (χ1) is 11.8. The fraction of sp³-hybridized carbons (Fsp3) is 0.100. The normalized spacial score (nSPS) is 9.96. The number of nitrogens with zero attached hydrogens (tertiary/aromatic N) is 2. The van der Waals surface area contributed by atoms with Gasteiger partial charge in [-0.1, -0.05) is 30.3 Å². The molecule has 0 N–H and O–H groups in total. The summed E-state index contributed by atoms with van der Waals surface area (Å²) in [5.41, 5.74) is 2.43. The molecule has 0 amide bonds. The molecule has 0 saturated heterocycles. The number of ether oxygens (including phenoxy) is 2. The molecule has 118 valence electrons. The van der Waals surface area contributed by atoms with Gasteiger partial charge in [-0.05, 0) is 47.5 Å². The summed E-state index contributed by atoms with van der Waals surface area (Å²) in [4.78, 5) is 3.94. The maximum atomic E-state index is 8.84. The van der Waals surface area contributed by atoms with Gasteiger partial charge in [-0.3, -0.25) is 0 Å². The highest BCUT2D eigenvalue weighted by atomic mass is 16.5. The lowest BCUT2D eigenvalue weighted by atomic mass is 10.2. The first kappa shape index (κ1) is 15.6. The van der Waals surface area contributed by atoms with E-state index >= 15 is 0 Å². The molecule has 24 heavy (non-hydrogen) atoms. The maximum Gasteiger partial charge on any atom is 0.140 e. The lowest BCUT2D eigenvalue weighted by Crippen LogP contribution is -1.97. The molecule has 0 aliphatic heterocycles. The number of nitriles is 1. The van der Waals surface area contributed by atoms with Gasteiger partial charge in [0, 0.05) is 6.20 Å². The van der Waals surface area contributed by atoms with Crippen LogP contribution < -0.4 is 9.47 Å². The van der Waals surface area contributed by atoms with Gasteiger partial charge in [0.25, 0.3) is 0 Å². The molecule has 0 radical (unpaired) electrons. The largest absolute Gasteiger partial charge is 0.489 e. The molecule has 0 aliphatic carbocycles. The van der Waals surface area contributed by atoms with Crippen LogP contribution in [0.2, 0.25) is 0 Å². The molecule has 0 atom stereocenters. The van der Waals surface area contributed by atoms with Crippen molar-refractivity contribution in [2.24, 2.45) is 0 Å². The Morgan fingerprint density at radius 2 is 1.42 bits per heavy atom. The van der Waals surface area contributed by atoms with Crippen molar-refractivity contribution in [3.05, 3.63) is 89.7 Å². The van der Waals surface area contributed by atoms with E-state index in [9.17, 15) is 0 Å². The highest BCUT2D eigenvalue weighted by molar-refractivity contribution is 5.32. The summed E-state index contributed by atoms with van der Waals surface area (Å²) in [5.74, 6) is 1.54. The van der Waals surface area contributed by atoms with Crippen molar-refractivity contribution in [2.45, 2.75) is 13.2 Å². The Balaban J connectivity index is 1.53. The van der Waals surface area contributed by atoms with Crippen LogP contribution in [0.25, 0.3) is 0 Å². The van der Waals surface area contributed by atoms with Crippen molar-refractivity contribution in [1.82, 2.24) is 4.98 Å². The average Bonchev–Trinajstić information content (AvgIpc) is 2.66. The molecule has 1 aromatic heterocycles.